The normalized spacial score (nSPS) is 18.4. The third-order valence-corrected chi connectivity index (χ3v) is 6.23. The van der Waals surface area contributed by atoms with Gasteiger partial charge in [0.05, 0.1) is 0 Å². The Morgan fingerprint density at radius 3 is 1.46 bits per heavy atom. The molecule has 13 heavy (non-hydrogen) atoms. The quantitative estimate of drug-likeness (QED) is 0.668. The van der Waals surface area contributed by atoms with Crippen LogP contribution in [-0.4, -0.2) is 24.7 Å². The van der Waals surface area contributed by atoms with Gasteiger partial charge in [0.15, 0.2) is 0 Å². The fourth-order valence-corrected chi connectivity index (χ4v) is 4.26. The van der Waals surface area contributed by atoms with Crippen molar-refractivity contribution in [3.05, 3.63) is 0 Å². The molecular weight excluding hydrogens is 187 g/mol. The van der Waals surface area contributed by atoms with Gasteiger partial charge in [0.1, 0.15) is 5.34 Å². The highest BCUT2D eigenvalue weighted by Crippen LogP contribution is 2.67. The van der Waals surface area contributed by atoms with E-state index in [1.165, 1.54) is 7.11 Å². The van der Waals surface area contributed by atoms with E-state index < -0.39 is 17.9 Å². The maximum atomic E-state index is 12.5. The summed E-state index contributed by atoms with van der Waals surface area (Å²) in [5, 5.41) is -1.14. The van der Waals surface area contributed by atoms with Crippen molar-refractivity contribution in [2.45, 2.75) is 45.1 Å². The number of hydrogen-bond acceptors (Lipinski definition) is 3. The fourth-order valence-electron chi connectivity index (χ4n) is 1.42. The third kappa shape index (κ3) is 2.15. The Kier molecular flexibility index (Phi) is 3.76. The Bertz CT molecular complexity index is 215. The molecule has 1 atom stereocenters. The molecule has 0 aromatic rings. The van der Waals surface area contributed by atoms with Crippen molar-refractivity contribution in [3.63, 3.8) is 0 Å². The molecule has 1 unspecified atom stereocenters. The van der Waals surface area contributed by atoms with Crippen molar-refractivity contribution < 1.29 is 13.8 Å². The summed E-state index contributed by atoms with van der Waals surface area (Å²) < 4.78 is 22.9. The first-order valence-electron chi connectivity index (χ1n) is 4.33. The van der Waals surface area contributed by atoms with Crippen LogP contribution in [0.25, 0.3) is 0 Å². The molecule has 0 fully saturated rings. The zero-order chi connectivity index (χ0) is 10.9. The molecule has 80 valence electrons. The van der Waals surface area contributed by atoms with E-state index in [1.54, 1.807) is 21.0 Å². The molecule has 0 saturated carbocycles. The van der Waals surface area contributed by atoms with Crippen molar-refractivity contribution >= 4 is 7.37 Å². The first-order valence-corrected chi connectivity index (χ1v) is 5.96. The second-order valence-corrected chi connectivity index (χ2v) is 8.44. The minimum absolute atomic E-state index is 0.402. The van der Waals surface area contributed by atoms with Crippen LogP contribution in [0.4, 0.5) is 0 Å². The molecule has 0 aliphatic heterocycles. The van der Waals surface area contributed by atoms with E-state index in [9.17, 15) is 4.57 Å². The van der Waals surface area contributed by atoms with Crippen LogP contribution < -0.4 is 0 Å². The zero-order valence-corrected chi connectivity index (χ0v) is 10.6. The average Bonchev–Trinajstić information content (AvgIpc) is 2.00. The molecule has 0 bridgehead atoms. The van der Waals surface area contributed by atoms with Gasteiger partial charge in [0.2, 0.25) is 7.37 Å². The van der Waals surface area contributed by atoms with Crippen LogP contribution >= 0.6 is 7.37 Å². The lowest BCUT2D eigenvalue weighted by Crippen LogP contribution is -2.33. The van der Waals surface area contributed by atoms with Gasteiger partial charge in [-0.25, -0.2) is 0 Å². The molecular formula is C9H21O3P. The van der Waals surface area contributed by atoms with Gasteiger partial charge >= 0.3 is 0 Å². The Labute approximate surface area is 81.3 Å². The molecule has 0 heterocycles. The second-order valence-electron chi connectivity index (χ2n) is 4.56. The third-order valence-electron chi connectivity index (χ3n) is 2.35. The van der Waals surface area contributed by atoms with Crippen LogP contribution in [0.2, 0.25) is 0 Å². The summed E-state index contributed by atoms with van der Waals surface area (Å²) in [6.07, 6.45) is 0. The molecule has 0 aliphatic rings. The van der Waals surface area contributed by atoms with Crippen molar-refractivity contribution in [2.75, 3.05) is 14.2 Å². The SMILES string of the molecule is COC(C)(C)P(=O)(OC)C(C)(C)C. The predicted molar refractivity (Wildman–Crippen MR) is 55.5 cm³/mol. The molecule has 0 spiro atoms. The summed E-state index contributed by atoms with van der Waals surface area (Å²) in [4.78, 5) is 0. The van der Waals surface area contributed by atoms with Gasteiger partial charge in [-0.3, -0.25) is 4.57 Å². The fraction of sp³-hybridized carbons (Fsp3) is 1.00. The highest BCUT2D eigenvalue weighted by molar-refractivity contribution is 7.62. The van der Waals surface area contributed by atoms with Crippen LogP contribution in [0.1, 0.15) is 34.6 Å². The maximum absolute atomic E-state index is 12.5. The molecule has 0 saturated heterocycles. The number of hydrogen-bond donors (Lipinski definition) is 0. The average molecular weight is 208 g/mol. The van der Waals surface area contributed by atoms with E-state index in [2.05, 4.69) is 0 Å². The van der Waals surface area contributed by atoms with Crippen LogP contribution in [-0.2, 0) is 13.8 Å². The number of rotatable bonds is 3. The molecule has 4 heteroatoms. The molecule has 0 aromatic heterocycles. The second kappa shape index (κ2) is 3.72. The van der Waals surface area contributed by atoms with Crippen LogP contribution in [0.3, 0.4) is 0 Å². The lowest BCUT2D eigenvalue weighted by atomic mass is 10.3. The highest BCUT2D eigenvalue weighted by atomic mass is 31.2. The minimum atomic E-state index is -2.81. The highest BCUT2D eigenvalue weighted by Gasteiger charge is 2.50. The van der Waals surface area contributed by atoms with E-state index in [0.717, 1.165) is 0 Å². The van der Waals surface area contributed by atoms with Crippen molar-refractivity contribution in [3.8, 4) is 0 Å². The van der Waals surface area contributed by atoms with Gasteiger partial charge in [-0.05, 0) is 13.8 Å². The molecule has 0 amide bonds. The lowest BCUT2D eigenvalue weighted by Gasteiger charge is -2.40. The first kappa shape index (κ1) is 13.2. The standard InChI is InChI=1S/C9H21O3P/c1-8(2,3)13(10,12-7)9(4,5)11-6/h1-7H3. The summed E-state index contributed by atoms with van der Waals surface area (Å²) in [5.74, 6) is 0. The van der Waals surface area contributed by atoms with E-state index in [-0.39, 0.29) is 0 Å². The minimum Gasteiger partial charge on any atom is -0.369 e. The molecule has 0 N–H and O–H groups in total. The van der Waals surface area contributed by atoms with E-state index >= 15 is 0 Å². The number of ether oxygens (including phenoxy) is 1. The van der Waals surface area contributed by atoms with E-state index in [4.69, 9.17) is 9.26 Å². The summed E-state index contributed by atoms with van der Waals surface area (Å²) in [6, 6.07) is 0. The van der Waals surface area contributed by atoms with Crippen molar-refractivity contribution in [1.29, 1.82) is 0 Å². The lowest BCUT2D eigenvalue weighted by molar-refractivity contribution is 0.0747. The van der Waals surface area contributed by atoms with Gasteiger partial charge in [-0.1, -0.05) is 20.8 Å². The summed E-state index contributed by atoms with van der Waals surface area (Å²) in [6.45, 7) is 9.29. The smallest absolute Gasteiger partial charge is 0.238 e. The Morgan fingerprint density at radius 2 is 1.38 bits per heavy atom. The van der Waals surface area contributed by atoms with Crippen molar-refractivity contribution in [2.24, 2.45) is 0 Å². The monoisotopic (exact) mass is 208 g/mol. The van der Waals surface area contributed by atoms with Gasteiger partial charge in [0.25, 0.3) is 0 Å². The maximum Gasteiger partial charge on any atom is 0.238 e. The summed E-state index contributed by atoms with van der Waals surface area (Å²) in [7, 11) is 0.223. The van der Waals surface area contributed by atoms with Gasteiger partial charge in [0, 0.05) is 19.4 Å². The Hall–Kier alpha value is 0.150. The topological polar surface area (TPSA) is 35.5 Å². The van der Waals surface area contributed by atoms with Gasteiger partial charge in [-0.2, -0.15) is 0 Å². The first-order chi connectivity index (χ1) is 5.62. The summed E-state index contributed by atoms with van der Waals surface area (Å²) in [5.41, 5.74) is 0. The van der Waals surface area contributed by atoms with Gasteiger partial charge in [-0.15, -0.1) is 0 Å². The Balaban J connectivity index is 5.20. The molecule has 0 aliphatic carbocycles. The number of methoxy groups -OCH3 is 1. The van der Waals surface area contributed by atoms with Crippen LogP contribution in [0.5, 0.6) is 0 Å². The molecule has 3 nitrogen and oxygen atoms in total. The Morgan fingerprint density at radius 1 is 1.00 bits per heavy atom. The molecule has 0 radical (unpaired) electrons. The predicted octanol–water partition coefficient (Wildman–Crippen LogP) is 3.09. The van der Waals surface area contributed by atoms with Crippen molar-refractivity contribution in [1.82, 2.24) is 0 Å². The molecule has 0 rings (SSSR count). The molecule has 0 aromatic carbocycles. The largest absolute Gasteiger partial charge is 0.369 e. The van der Waals surface area contributed by atoms with E-state index in [1.807, 2.05) is 20.8 Å². The van der Waals surface area contributed by atoms with E-state index in [0.29, 0.717) is 0 Å². The summed E-state index contributed by atoms with van der Waals surface area (Å²) >= 11 is 0. The van der Waals surface area contributed by atoms with Crippen LogP contribution in [0.15, 0.2) is 0 Å². The van der Waals surface area contributed by atoms with Gasteiger partial charge < -0.3 is 9.26 Å². The van der Waals surface area contributed by atoms with Crippen LogP contribution in [0, 0.1) is 0 Å². The zero-order valence-electron chi connectivity index (χ0n) is 9.67.